The summed E-state index contributed by atoms with van der Waals surface area (Å²) in [5, 5.41) is 2.80. The molecule has 0 aromatic heterocycles. The van der Waals surface area contributed by atoms with Gasteiger partial charge in [-0.1, -0.05) is 35.5 Å². The minimum atomic E-state index is -1.01. The Bertz CT molecular complexity index is 780. The van der Waals surface area contributed by atoms with Gasteiger partial charge in [0.05, 0.1) is 5.75 Å². The smallest absolute Gasteiger partial charge is 0.331 e. The Balaban J connectivity index is 1.76. The molecule has 3 amide bonds. The van der Waals surface area contributed by atoms with Crippen LogP contribution in [0, 0.1) is 6.92 Å². The summed E-state index contributed by atoms with van der Waals surface area (Å²) >= 11 is 6.95. The first-order valence-corrected chi connectivity index (χ1v) is 9.54. The van der Waals surface area contributed by atoms with Crippen LogP contribution in [0.15, 0.2) is 24.3 Å². The Kier molecular flexibility index (Phi) is 7.44. The van der Waals surface area contributed by atoms with Crippen molar-refractivity contribution in [2.45, 2.75) is 20.0 Å². The maximum atomic E-state index is 11.9. The molecule has 1 saturated heterocycles. The molecule has 0 radical (unpaired) electrons. The standard InChI is InChI=1S/C18H19ClN2O5S/c1-11-3-4-13(9-14(11)19)5-6-16(23)26-12(2)17(24)20-7-8-21-15(22)10-27-18(21)25/h3-6,9,12H,7-8,10H2,1-2H3,(H,20,24)/b6-5+/t12-/m0/s1. The maximum Gasteiger partial charge on any atom is 0.331 e. The van der Waals surface area contributed by atoms with E-state index in [1.165, 1.54) is 13.0 Å². The average Bonchev–Trinajstić information content (AvgIpc) is 2.94. The molecule has 144 valence electrons. The number of benzene rings is 1. The zero-order valence-corrected chi connectivity index (χ0v) is 16.4. The Morgan fingerprint density at radius 1 is 1.41 bits per heavy atom. The van der Waals surface area contributed by atoms with Gasteiger partial charge in [-0.3, -0.25) is 19.3 Å². The molecule has 7 nitrogen and oxygen atoms in total. The lowest BCUT2D eigenvalue weighted by atomic mass is 10.1. The van der Waals surface area contributed by atoms with Gasteiger partial charge in [-0.2, -0.15) is 0 Å². The van der Waals surface area contributed by atoms with Crippen LogP contribution in [0.4, 0.5) is 4.79 Å². The Morgan fingerprint density at radius 2 is 2.15 bits per heavy atom. The number of hydrogen-bond acceptors (Lipinski definition) is 6. The molecule has 1 heterocycles. The Labute approximate surface area is 166 Å². The zero-order valence-electron chi connectivity index (χ0n) is 14.9. The molecule has 0 bridgehead atoms. The summed E-state index contributed by atoms with van der Waals surface area (Å²) in [6.07, 6.45) is 1.74. The van der Waals surface area contributed by atoms with Crippen molar-refractivity contribution >= 4 is 52.5 Å². The van der Waals surface area contributed by atoms with Gasteiger partial charge in [-0.05, 0) is 37.1 Å². The third kappa shape index (κ3) is 6.11. The van der Waals surface area contributed by atoms with Crippen molar-refractivity contribution in [2.24, 2.45) is 0 Å². The predicted octanol–water partition coefficient (Wildman–Crippen LogP) is 2.40. The molecule has 0 spiro atoms. The van der Waals surface area contributed by atoms with Crippen molar-refractivity contribution in [3.63, 3.8) is 0 Å². The molecular weight excluding hydrogens is 392 g/mol. The summed E-state index contributed by atoms with van der Waals surface area (Å²) in [7, 11) is 0. The van der Waals surface area contributed by atoms with Crippen molar-refractivity contribution in [2.75, 3.05) is 18.8 Å². The fourth-order valence-corrected chi connectivity index (χ4v) is 3.12. The highest BCUT2D eigenvalue weighted by Gasteiger charge is 2.29. The summed E-state index contributed by atoms with van der Waals surface area (Å²) in [4.78, 5) is 47.8. The van der Waals surface area contributed by atoms with Gasteiger partial charge in [0.1, 0.15) is 0 Å². The molecule has 1 aliphatic rings. The number of thioether (sulfide) groups is 1. The fourth-order valence-electron chi connectivity index (χ4n) is 2.18. The quantitative estimate of drug-likeness (QED) is 0.548. The first-order chi connectivity index (χ1) is 12.8. The van der Waals surface area contributed by atoms with Crippen LogP contribution in [-0.2, 0) is 19.1 Å². The van der Waals surface area contributed by atoms with E-state index in [0.29, 0.717) is 5.02 Å². The Hall–Kier alpha value is -2.32. The Morgan fingerprint density at radius 3 is 2.78 bits per heavy atom. The van der Waals surface area contributed by atoms with Crippen molar-refractivity contribution in [3.8, 4) is 0 Å². The molecule has 2 rings (SSSR count). The van der Waals surface area contributed by atoms with Crippen LogP contribution in [-0.4, -0.2) is 52.9 Å². The van der Waals surface area contributed by atoms with Gasteiger partial charge in [0.25, 0.3) is 11.1 Å². The van der Waals surface area contributed by atoms with Crippen LogP contribution in [0.3, 0.4) is 0 Å². The number of imide groups is 1. The van der Waals surface area contributed by atoms with Gasteiger partial charge in [0.2, 0.25) is 5.91 Å². The lowest BCUT2D eigenvalue weighted by molar-refractivity contribution is -0.150. The van der Waals surface area contributed by atoms with E-state index in [1.54, 1.807) is 18.2 Å². The molecule has 1 aliphatic heterocycles. The lowest BCUT2D eigenvalue weighted by Gasteiger charge is -2.15. The van der Waals surface area contributed by atoms with E-state index in [2.05, 4.69) is 5.32 Å². The van der Waals surface area contributed by atoms with Crippen molar-refractivity contribution in [1.82, 2.24) is 10.2 Å². The molecular formula is C18H19ClN2O5S. The topological polar surface area (TPSA) is 92.8 Å². The van der Waals surface area contributed by atoms with Crippen LogP contribution in [0.25, 0.3) is 6.08 Å². The minimum absolute atomic E-state index is 0.0885. The SMILES string of the molecule is Cc1ccc(/C=C/C(=O)O[C@@H](C)C(=O)NCCN2C(=O)CSC2=O)cc1Cl. The van der Waals surface area contributed by atoms with E-state index >= 15 is 0 Å². The van der Waals surface area contributed by atoms with Gasteiger partial charge in [-0.25, -0.2) is 4.79 Å². The predicted molar refractivity (Wildman–Crippen MR) is 103 cm³/mol. The molecule has 9 heteroatoms. The fraction of sp³-hybridized carbons (Fsp3) is 0.333. The number of nitrogens with one attached hydrogen (secondary N) is 1. The van der Waals surface area contributed by atoms with E-state index in [9.17, 15) is 19.2 Å². The van der Waals surface area contributed by atoms with E-state index < -0.39 is 18.0 Å². The normalized spacial score (nSPS) is 15.3. The molecule has 1 N–H and O–H groups in total. The monoisotopic (exact) mass is 410 g/mol. The summed E-state index contributed by atoms with van der Waals surface area (Å²) in [5.74, 6) is -1.34. The second-order valence-electron chi connectivity index (χ2n) is 5.81. The molecule has 0 unspecified atom stereocenters. The molecule has 27 heavy (non-hydrogen) atoms. The number of nitrogens with zero attached hydrogens (tertiary/aromatic N) is 1. The highest BCUT2D eigenvalue weighted by molar-refractivity contribution is 8.14. The van der Waals surface area contributed by atoms with E-state index in [4.69, 9.17) is 16.3 Å². The van der Waals surface area contributed by atoms with Gasteiger partial charge in [0, 0.05) is 24.2 Å². The molecule has 1 aromatic carbocycles. The van der Waals surface area contributed by atoms with Crippen molar-refractivity contribution in [3.05, 3.63) is 40.4 Å². The highest BCUT2D eigenvalue weighted by Crippen LogP contribution is 2.18. The largest absolute Gasteiger partial charge is 0.449 e. The molecule has 0 saturated carbocycles. The van der Waals surface area contributed by atoms with E-state index in [0.717, 1.165) is 27.8 Å². The van der Waals surface area contributed by atoms with Gasteiger partial charge in [0.15, 0.2) is 6.10 Å². The van der Waals surface area contributed by atoms with Crippen LogP contribution in [0.1, 0.15) is 18.1 Å². The van der Waals surface area contributed by atoms with E-state index in [1.807, 2.05) is 13.0 Å². The summed E-state index contributed by atoms with van der Waals surface area (Å²) < 4.78 is 5.03. The summed E-state index contributed by atoms with van der Waals surface area (Å²) in [6.45, 7) is 3.49. The first-order valence-electron chi connectivity index (χ1n) is 8.17. The number of halogens is 1. The minimum Gasteiger partial charge on any atom is -0.449 e. The number of ether oxygens (including phenoxy) is 1. The van der Waals surface area contributed by atoms with Crippen LogP contribution in [0.5, 0.6) is 0 Å². The zero-order chi connectivity index (χ0) is 20.0. The number of rotatable bonds is 7. The third-order valence-corrected chi connectivity index (χ3v) is 5.01. The molecule has 1 atom stereocenters. The van der Waals surface area contributed by atoms with Crippen molar-refractivity contribution < 1.29 is 23.9 Å². The van der Waals surface area contributed by atoms with Gasteiger partial charge >= 0.3 is 5.97 Å². The number of carbonyl (C=O) groups is 4. The van der Waals surface area contributed by atoms with Crippen LogP contribution < -0.4 is 5.32 Å². The number of aryl methyl sites for hydroxylation is 1. The first kappa shape index (κ1) is 21.0. The van der Waals surface area contributed by atoms with Crippen molar-refractivity contribution in [1.29, 1.82) is 0 Å². The number of hydrogen-bond donors (Lipinski definition) is 1. The van der Waals surface area contributed by atoms with Crippen LogP contribution >= 0.6 is 23.4 Å². The molecule has 1 fully saturated rings. The average molecular weight is 411 g/mol. The summed E-state index contributed by atoms with van der Waals surface area (Å²) in [5.41, 5.74) is 1.66. The van der Waals surface area contributed by atoms with Gasteiger partial charge in [-0.15, -0.1) is 0 Å². The highest BCUT2D eigenvalue weighted by atomic mass is 35.5. The number of amides is 3. The molecule has 1 aromatic rings. The van der Waals surface area contributed by atoms with Crippen LogP contribution in [0.2, 0.25) is 5.02 Å². The number of carbonyl (C=O) groups excluding carboxylic acids is 4. The van der Waals surface area contributed by atoms with E-state index in [-0.39, 0.29) is 30.0 Å². The number of esters is 1. The third-order valence-electron chi connectivity index (χ3n) is 3.75. The maximum absolute atomic E-state index is 11.9. The van der Waals surface area contributed by atoms with Gasteiger partial charge < -0.3 is 10.1 Å². The summed E-state index contributed by atoms with van der Waals surface area (Å²) in [6, 6.07) is 5.36. The molecule has 0 aliphatic carbocycles. The lowest BCUT2D eigenvalue weighted by Crippen LogP contribution is -2.41. The second kappa shape index (κ2) is 9.57. The second-order valence-corrected chi connectivity index (χ2v) is 7.15.